The summed E-state index contributed by atoms with van der Waals surface area (Å²) < 4.78 is 10.5. The summed E-state index contributed by atoms with van der Waals surface area (Å²) in [6, 6.07) is 11.9. The first kappa shape index (κ1) is 21.0. The van der Waals surface area contributed by atoms with Crippen molar-refractivity contribution in [3.8, 4) is 11.5 Å². The summed E-state index contributed by atoms with van der Waals surface area (Å²) >= 11 is 0. The van der Waals surface area contributed by atoms with Gasteiger partial charge in [0.15, 0.2) is 5.78 Å². The number of rotatable bonds is 8. The second-order valence-electron chi connectivity index (χ2n) is 6.07. The number of Topliss-reactive ketones (excluding diaryl/α,β-unsaturated/α-hetero) is 1. The lowest BCUT2D eigenvalue weighted by atomic mass is 10.1. The van der Waals surface area contributed by atoms with E-state index >= 15 is 0 Å². The van der Waals surface area contributed by atoms with Gasteiger partial charge in [-0.2, -0.15) is 0 Å². The zero-order valence-corrected chi connectivity index (χ0v) is 16.4. The van der Waals surface area contributed by atoms with Crippen molar-refractivity contribution >= 4 is 23.3 Å². The summed E-state index contributed by atoms with van der Waals surface area (Å²) in [6.07, 6.45) is 0. The molecule has 0 aliphatic rings. The van der Waals surface area contributed by atoms with Gasteiger partial charge in [0.25, 0.3) is 5.91 Å². The Morgan fingerprint density at radius 3 is 1.96 bits per heavy atom. The fraction of sp³-hybridized carbons (Fsp3) is 0.286. The Kier molecular flexibility index (Phi) is 7.14. The van der Waals surface area contributed by atoms with E-state index in [2.05, 4.69) is 5.32 Å². The molecule has 2 aromatic carbocycles. The molecule has 0 fully saturated rings. The Balaban J connectivity index is 2.08. The predicted octanol–water partition coefficient (Wildman–Crippen LogP) is 2.69. The van der Waals surface area contributed by atoms with Crippen LogP contribution >= 0.6 is 0 Å². The highest BCUT2D eigenvalue weighted by molar-refractivity contribution is 6.00. The second kappa shape index (κ2) is 9.55. The van der Waals surface area contributed by atoms with Crippen molar-refractivity contribution in [3.05, 3.63) is 53.6 Å². The van der Waals surface area contributed by atoms with E-state index in [1.807, 2.05) is 0 Å². The van der Waals surface area contributed by atoms with E-state index in [1.54, 1.807) is 42.5 Å². The summed E-state index contributed by atoms with van der Waals surface area (Å²) in [6.45, 7) is 3.44. The van der Waals surface area contributed by atoms with Crippen LogP contribution < -0.4 is 19.7 Å². The highest BCUT2D eigenvalue weighted by Crippen LogP contribution is 2.27. The van der Waals surface area contributed by atoms with Gasteiger partial charge in [-0.1, -0.05) is 6.07 Å². The average molecular weight is 384 g/mol. The number of hydrogen-bond donors (Lipinski definition) is 1. The Morgan fingerprint density at radius 2 is 1.50 bits per heavy atom. The first-order valence-electron chi connectivity index (χ1n) is 8.77. The van der Waals surface area contributed by atoms with Gasteiger partial charge in [-0.3, -0.25) is 14.4 Å². The third kappa shape index (κ3) is 4.88. The largest absolute Gasteiger partial charge is 0.496 e. The topological polar surface area (TPSA) is 84.9 Å². The molecule has 0 bridgehead atoms. The SMILES string of the molecule is COc1cccc(OC)c1C(=O)NCCN(C(C)=O)c1ccc(C(C)=O)cc1. The Hall–Kier alpha value is -3.35. The van der Waals surface area contributed by atoms with Crippen molar-refractivity contribution in [2.75, 3.05) is 32.2 Å². The number of carbonyl (C=O) groups excluding carboxylic acids is 3. The number of methoxy groups -OCH3 is 2. The van der Waals surface area contributed by atoms with Crippen LogP contribution in [0.25, 0.3) is 0 Å². The molecule has 0 radical (unpaired) electrons. The fourth-order valence-electron chi connectivity index (χ4n) is 2.79. The van der Waals surface area contributed by atoms with Crippen molar-refractivity contribution < 1.29 is 23.9 Å². The van der Waals surface area contributed by atoms with Crippen LogP contribution in [0.5, 0.6) is 11.5 Å². The van der Waals surface area contributed by atoms with Crippen LogP contribution in [0.15, 0.2) is 42.5 Å². The van der Waals surface area contributed by atoms with Crippen molar-refractivity contribution in [2.45, 2.75) is 13.8 Å². The molecule has 148 valence electrons. The minimum atomic E-state index is -0.357. The molecule has 0 unspecified atom stereocenters. The van der Waals surface area contributed by atoms with Crippen LogP contribution in [0.2, 0.25) is 0 Å². The normalized spacial score (nSPS) is 10.1. The van der Waals surface area contributed by atoms with Crippen molar-refractivity contribution in [2.24, 2.45) is 0 Å². The lowest BCUT2D eigenvalue weighted by Gasteiger charge is -2.22. The maximum atomic E-state index is 12.6. The van der Waals surface area contributed by atoms with Gasteiger partial charge in [0.05, 0.1) is 14.2 Å². The second-order valence-corrected chi connectivity index (χ2v) is 6.07. The number of hydrogen-bond acceptors (Lipinski definition) is 5. The first-order valence-corrected chi connectivity index (χ1v) is 8.77. The molecule has 7 nitrogen and oxygen atoms in total. The molecular weight excluding hydrogens is 360 g/mol. The number of amides is 2. The van der Waals surface area contributed by atoms with Gasteiger partial charge in [0, 0.05) is 31.3 Å². The number of ketones is 1. The summed E-state index contributed by atoms with van der Waals surface area (Å²) in [4.78, 5) is 37.5. The first-order chi connectivity index (χ1) is 13.4. The van der Waals surface area contributed by atoms with Crippen LogP contribution in [0, 0.1) is 0 Å². The summed E-state index contributed by atoms with van der Waals surface area (Å²) in [5.41, 5.74) is 1.53. The van der Waals surface area contributed by atoms with Gasteiger partial charge in [0.2, 0.25) is 5.91 Å². The van der Waals surface area contributed by atoms with Crippen molar-refractivity contribution in [1.82, 2.24) is 5.32 Å². The molecule has 2 aromatic rings. The van der Waals surface area contributed by atoms with E-state index in [0.29, 0.717) is 28.3 Å². The summed E-state index contributed by atoms with van der Waals surface area (Å²) in [7, 11) is 2.96. The standard InChI is InChI=1S/C21H24N2O5/c1-14(24)16-8-10-17(11-9-16)23(15(2)25)13-12-22-21(26)20-18(27-3)6-5-7-19(20)28-4/h5-11H,12-13H2,1-4H3,(H,22,26). The Morgan fingerprint density at radius 1 is 0.929 bits per heavy atom. The van der Waals surface area contributed by atoms with Gasteiger partial charge in [-0.15, -0.1) is 0 Å². The fourth-order valence-corrected chi connectivity index (χ4v) is 2.79. The van der Waals surface area contributed by atoms with Crippen molar-refractivity contribution in [3.63, 3.8) is 0 Å². The minimum Gasteiger partial charge on any atom is -0.496 e. The summed E-state index contributed by atoms with van der Waals surface area (Å²) in [5.74, 6) is 0.239. The molecule has 28 heavy (non-hydrogen) atoms. The highest BCUT2D eigenvalue weighted by Gasteiger charge is 2.19. The quantitative estimate of drug-likeness (QED) is 0.708. The number of nitrogens with one attached hydrogen (secondary N) is 1. The number of anilines is 1. The van der Waals surface area contributed by atoms with Gasteiger partial charge in [-0.25, -0.2) is 0 Å². The molecule has 0 aromatic heterocycles. The zero-order chi connectivity index (χ0) is 20.7. The van der Waals surface area contributed by atoms with Crippen LogP contribution in [-0.2, 0) is 4.79 Å². The van der Waals surface area contributed by atoms with E-state index < -0.39 is 0 Å². The number of nitrogens with zero attached hydrogens (tertiary/aromatic N) is 1. The monoisotopic (exact) mass is 384 g/mol. The number of carbonyl (C=O) groups is 3. The van der Waals surface area contributed by atoms with Gasteiger partial charge >= 0.3 is 0 Å². The van der Waals surface area contributed by atoms with Crippen LogP contribution in [-0.4, -0.2) is 44.9 Å². The van der Waals surface area contributed by atoms with Crippen LogP contribution in [0.1, 0.15) is 34.6 Å². The van der Waals surface area contributed by atoms with E-state index in [-0.39, 0.29) is 30.7 Å². The van der Waals surface area contributed by atoms with E-state index in [9.17, 15) is 14.4 Å². The van der Waals surface area contributed by atoms with Gasteiger partial charge in [-0.05, 0) is 43.3 Å². The van der Waals surface area contributed by atoms with Crippen LogP contribution in [0.3, 0.4) is 0 Å². The van der Waals surface area contributed by atoms with Gasteiger partial charge < -0.3 is 19.7 Å². The third-order valence-electron chi connectivity index (χ3n) is 4.24. The van der Waals surface area contributed by atoms with Gasteiger partial charge in [0.1, 0.15) is 17.1 Å². The minimum absolute atomic E-state index is 0.0426. The zero-order valence-electron chi connectivity index (χ0n) is 16.4. The van der Waals surface area contributed by atoms with Crippen LogP contribution in [0.4, 0.5) is 5.69 Å². The number of ether oxygens (including phenoxy) is 2. The third-order valence-corrected chi connectivity index (χ3v) is 4.24. The molecule has 7 heteroatoms. The Labute approximate surface area is 164 Å². The molecule has 0 aliphatic carbocycles. The van der Waals surface area contributed by atoms with Crippen molar-refractivity contribution in [1.29, 1.82) is 0 Å². The average Bonchev–Trinajstić information content (AvgIpc) is 2.70. The molecule has 2 amide bonds. The molecule has 1 N–H and O–H groups in total. The molecule has 2 rings (SSSR count). The van der Waals surface area contributed by atoms with E-state index in [4.69, 9.17) is 9.47 Å². The molecule has 0 saturated carbocycles. The maximum absolute atomic E-state index is 12.6. The van der Waals surface area contributed by atoms with E-state index in [1.165, 1.54) is 33.0 Å². The highest BCUT2D eigenvalue weighted by atomic mass is 16.5. The smallest absolute Gasteiger partial charge is 0.258 e. The summed E-state index contributed by atoms with van der Waals surface area (Å²) in [5, 5.41) is 2.79. The molecule has 0 atom stereocenters. The lowest BCUT2D eigenvalue weighted by molar-refractivity contribution is -0.116. The molecule has 0 heterocycles. The van der Waals surface area contributed by atoms with E-state index in [0.717, 1.165) is 0 Å². The lowest BCUT2D eigenvalue weighted by Crippen LogP contribution is -2.37. The maximum Gasteiger partial charge on any atom is 0.258 e. The predicted molar refractivity (Wildman–Crippen MR) is 106 cm³/mol. The molecule has 0 spiro atoms. The number of benzene rings is 2. The molecular formula is C21H24N2O5. The molecule has 0 saturated heterocycles. The Bertz CT molecular complexity index is 839. The molecule has 0 aliphatic heterocycles.